The van der Waals surface area contributed by atoms with Crippen LogP contribution >= 0.6 is 11.8 Å². The van der Waals surface area contributed by atoms with Crippen molar-refractivity contribution in [2.45, 2.75) is 62.9 Å². The SMILES string of the molecule is Cc1ccc(CSc2nc(=O)c3c(n2Cc2nnc(CN(C)CCN(C)C)n2Cc2ccc(-c4ccc(C(F)(F)F)cc4)cc2)CCC3)cc1. The number of aromatic nitrogens is 5. The molecule has 0 unspecified atom stereocenters. The van der Waals surface area contributed by atoms with Crippen LogP contribution in [0, 0.1) is 6.92 Å². The number of aryl methyl sites for hydroxylation is 1. The summed E-state index contributed by atoms with van der Waals surface area (Å²) in [6.45, 7) is 5.35. The van der Waals surface area contributed by atoms with Gasteiger partial charge in [0.05, 0.1) is 25.2 Å². The van der Waals surface area contributed by atoms with Crippen molar-refractivity contribution in [1.29, 1.82) is 0 Å². The molecule has 2 aromatic heterocycles. The van der Waals surface area contributed by atoms with E-state index in [2.05, 4.69) is 67.3 Å². The van der Waals surface area contributed by atoms with Gasteiger partial charge in [-0.25, -0.2) is 0 Å². The summed E-state index contributed by atoms with van der Waals surface area (Å²) in [5, 5.41) is 10.1. The topological polar surface area (TPSA) is 72.1 Å². The Kier molecular flexibility index (Phi) is 10.9. The minimum Gasteiger partial charge on any atom is -0.316 e. The molecule has 0 radical (unpaired) electrons. The first-order valence-electron chi connectivity index (χ1n) is 16.8. The minimum absolute atomic E-state index is 0.141. The van der Waals surface area contributed by atoms with Gasteiger partial charge in [0.15, 0.2) is 11.0 Å². The van der Waals surface area contributed by atoms with E-state index >= 15 is 0 Å². The Morgan fingerprint density at radius 3 is 2.08 bits per heavy atom. The maximum Gasteiger partial charge on any atom is 0.416 e. The Balaban J connectivity index is 1.31. The van der Waals surface area contributed by atoms with Gasteiger partial charge in [-0.2, -0.15) is 18.2 Å². The highest BCUT2D eigenvalue weighted by atomic mass is 32.2. The lowest BCUT2D eigenvalue weighted by Crippen LogP contribution is -2.29. The lowest BCUT2D eigenvalue weighted by Gasteiger charge is -2.21. The van der Waals surface area contributed by atoms with Crippen molar-refractivity contribution in [3.63, 3.8) is 0 Å². The fraction of sp³-hybridized carbons (Fsp3) is 0.368. The second-order valence-corrected chi connectivity index (χ2v) is 14.2. The van der Waals surface area contributed by atoms with Crippen molar-refractivity contribution < 1.29 is 13.2 Å². The van der Waals surface area contributed by atoms with Gasteiger partial charge in [-0.1, -0.05) is 78.0 Å². The normalized spacial score (nSPS) is 13.1. The van der Waals surface area contributed by atoms with Crippen LogP contribution in [0.15, 0.2) is 82.7 Å². The monoisotopic (exact) mass is 701 g/mol. The maximum absolute atomic E-state index is 13.1. The highest BCUT2D eigenvalue weighted by Gasteiger charge is 2.30. The van der Waals surface area contributed by atoms with E-state index in [1.807, 2.05) is 38.4 Å². The lowest BCUT2D eigenvalue weighted by molar-refractivity contribution is -0.137. The molecule has 0 N–H and O–H groups in total. The van der Waals surface area contributed by atoms with E-state index in [1.165, 1.54) is 17.7 Å². The van der Waals surface area contributed by atoms with Gasteiger partial charge in [-0.05, 0) is 81.7 Å². The first kappa shape index (κ1) is 35.6. The summed E-state index contributed by atoms with van der Waals surface area (Å²) < 4.78 is 43.6. The molecule has 0 spiro atoms. The number of fused-ring (bicyclic) bond motifs is 1. The van der Waals surface area contributed by atoms with Crippen LogP contribution in [0.25, 0.3) is 11.1 Å². The van der Waals surface area contributed by atoms with E-state index in [0.717, 1.165) is 84.1 Å². The number of benzene rings is 3. The number of alkyl halides is 3. The third kappa shape index (κ3) is 8.54. The van der Waals surface area contributed by atoms with E-state index in [4.69, 9.17) is 5.10 Å². The van der Waals surface area contributed by atoms with Crippen molar-refractivity contribution in [1.82, 2.24) is 34.1 Å². The smallest absolute Gasteiger partial charge is 0.316 e. The molecule has 0 fully saturated rings. The van der Waals surface area contributed by atoms with Crippen LogP contribution < -0.4 is 5.56 Å². The second kappa shape index (κ2) is 15.3. The number of hydrogen-bond donors (Lipinski definition) is 0. The number of hydrogen-bond acceptors (Lipinski definition) is 7. The van der Waals surface area contributed by atoms with Crippen LogP contribution in [0.4, 0.5) is 13.2 Å². The Morgan fingerprint density at radius 1 is 0.780 bits per heavy atom. The van der Waals surface area contributed by atoms with Crippen LogP contribution in [-0.2, 0) is 44.4 Å². The molecule has 6 rings (SSSR count). The van der Waals surface area contributed by atoms with Gasteiger partial charge in [0.25, 0.3) is 5.56 Å². The molecule has 262 valence electrons. The highest BCUT2D eigenvalue weighted by Crippen LogP contribution is 2.31. The van der Waals surface area contributed by atoms with Crippen molar-refractivity contribution in [2.24, 2.45) is 0 Å². The molecule has 0 aliphatic heterocycles. The van der Waals surface area contributed by atoms with Crippen LogP contribution in [0.1, 0.15) is 51.6 Å². The first-order valence-corrected chi connectivity index (χ1v) is 17.7. The van der Waals surface area contributed by atoms with Crippen molar-refractivity contribution in [2.75, 3.05) is 34.2 Å². The van der Waals surface area contributed by atoms with Gasteiger partial charge >= 0.3 is 6.18 Å². The van der Waals surface area contributed by atoms with E-state index in [0.29, 0.717) is 36.1 Å². The molecular formula is C38H42F3N7OS. The average molecular weight is 702 g/mol. The summed E-state index contributed by atoms with van der Waals surface area (Å²) in [4.78, 5) is 22.0. The summed E-state index contributed by atoms with van der Waals surface area (Å²) in [5.41, 5.74) is 5.93. The van der Waals surface area contributed by atoms with Gasteiger partial charge < -0.3 is 14.0 Å². The zero-order valence-electron chi connectivity index (χ0n) is 28.9. The number of rotatable bonds is 13. The number of nitrogens with zero attached hydrogens (tertiary/aromatic N) is 7. The number of likely N-dealkylation sites (N-methyl/N-ethyl adjacent to an activating group) is 2. The standard InChI is InChI=1S/C38H42F3N7OS/c1-26-8-10-28(11-9-26)25-50-37-42-36(49)32-6-5-7-33(32)47(37)24-35-44-43-34(23-46(4)21-20-45(2)3)48(35)22-27-12-14-29(15-13-27)30-16-18-31(19-17-30)38(39,40)41/h8-19H,5-7,20-25H2,1-4H3. The molecule has 1 aliphatic carbocycles. The highest BCUT2D eigenvalue weighted by molar-refractivity contribution is 7.98. The van der Waals surface area contributed by atoms with Crippen molar-refractivity contribution >= 4 is 11.8 Å². The summed E-state index contributed by atoms with van der Waals surface area (Å²) in [6.07, 6.45) is -1.92. The Labute approximate surface area is 295 Å². The largest absolute Gasteiger partial charge is 0.416 e. The average Bonchev–Trinajstić information content (AvgIpc) is 3.73. The van der Waals surface area contributed by atoms with Crippen LogP contribution in [0.5, 0.6) is 0 Å². The van der Waals surface area contributed by atoms with E-state index in [1.54, 1.807) is 11.8 Å². The molecule has 0 saturated heterocycles. The minimum atomic E-state index is -4.37. The second-order valence-electron chi connectivity index (χ2n) is 13.3. The van der Waals surface area contributed by atoms with Crippen LogP contribution in [0.3, 0.4) is 0 Å². The molecule has 0 atom stereocenters. The van der Waals surface area contributed by atoms with Gasteiger partial charge in [-0.3, -0.25) is 9.69 Å². The quantitative estimate of drug-likeness (QED) is 0.100. The van der Waals surface area contributed by atoms with E-state index in [9.17, 15) is 18.0 Å². The molecule has 5 aromatic rings. The van der Waals surface area contributed by atoms with Crippen molar-refractivity contribution in [3.8, 4) is 11.1 Å². The predicted molar refractivity (Wildman–Crippen MR) is 191 cm³/mol. The number of thioether (sulfide) groups is 1. The zero-order chi connectivity index (χ0) is 35.4. The zero-order valence-corrected chi connectivity index (χ0v) is 29.7. The molecular weight excluding hydrogens is 660 g/mol. The third-order valence-corrected chi connectivity index (χ3v) is 10.1. The molecule has 8 nitrogen and oxygen atoms in total. The lowest BCUT2D eigenvalue weighted by atomic mass is 10.0. The van der Waals surface area contributed by atoms with Gasteiger partial charge in [-0.15, -0.1) is 10.2 Å². The van der Waals surface area contributed by atoms with Gasteiger partial charge in [0.2, 0.25) is 0 Å². The first-order chi connectivity index (χ1) is 23.9. The Hall–Kier alpha value is -4.26. The Morgan fingerprint density at radius 2 is 1.42 bits per heavy atom. The summed E-state index contributed by atoms with van der Waals surface area (Å²) in [5.74, 6) is 2.28. The molecule has 50 heavy (non-hydrogen) atoms. The van der Waals surface area contributed by atoms with Crippen molar-refractivity contribution in [3.05, 3.63) is 128 Å². The predicted octanol–water partition coefficient (Wildman–Crippen LogP) is 6.70. The molecule has 12 heteroatoms. The molecule has 0 bridgehead atoms. The van der Waals surface area contributed by atoms with Gasteiger partial charge in [0, 0.05) is 30.1 Å². The summed E-state index contributed by atoms with van der Waals surface area (Å²) in [7, 11) is 6.17. The van der Waals surface area contributed by atoms with Crippen LogP contribution in [-0.4, -0.2) is 68.3 Å². The fourth-order valence-electron chi connectivity index (χ4n) is 6.15. The Bertz CT molecular complexity index is 1970. The molecule has 0 amide bonds. The van der Waals surface area contributed by atoms with E-state index < -0.39 is 11.7 Å². The van der Waals surface area contributed by atoms with Gasteiger partial charge in [0.1, 0.15) is 5.82 Å². The van der Waals surface area contributed by atoms with E-state index in [-0.39, 0.29) is 5.56 Å². The fourth-order valence-corrected chi connectivity index (χ4v) is 7.12. The number of halogens is 3. The summed E-state index contributed by atoms with van der Waals surface area (Å²) >= 11 is 1.56. The summed E-state index contributed by atoms with van der Waals surface area (Å²) in [6, 6.07) is 21.5. The molecule has 0 saturated carbocycles. The van der Waals surface area contributed by atoms with Crippen LogP contribution in [0.2, 0.25) is 0 Å². The molecule has 2 heterocycles. The molecule has 3 aromatic carbocycles. The third-order valence-electron chi connectivity index (χ3n) is 9.07. The maximum atomic E-state index is 13.1. The molecule has 1 aliphatic rings.